The number of hydrogen-bond donors (Lipinski definition) is 1. The lowest BCUT2D eigenvalue weighted by atomic mass is 9.84. The Morgan fingerprint density at radius 1 is 1.23 bits per heavy atom. The van der Waals surface area contributed by atoms with Gasteiger partial charge in [0.2, 0.25) is 5.91 Å². The fourth-order valence-electron chi connectivity index (χ4n) is 3.42. The molecule has 1 aliphatic carbocycles. The molecule has 1 saturated carbocycles. The van der Waals surface area contributed by atoms with Gasteiger partial charge in [-0.1, -0.05) is 12.3 Å². The van der Waals surface area contributed by atoms with Gasteiger partial charge < -0.3 is 5.32 Å². The summed E-state index contributed by atoms with van der Waals surface area (Å²) in [7, 11) is 0. The van der Waals surface area contributed by atoms with Crippen molar-refractivity contribution < 1.29 is 18.0 Å². The first-order valence-corrected chi connectivity index (χ1v) is 7.93. The molecule has 0 spiro atoms. The zero-order valence-corrected chi connectivity index (χ0v) is 12.7. The third kappa shape index (κ3) is 4.64. The maximum absolute atomic E-state index is 12.8. The van der Waals surface area contributed by atoms with E-state index in [1.54, 1.807) is 0 Å². The monoisotopic (exact) mass is 316 g/mol. The predicted octanol–water partition coefficient (Wildman–Crippen LogP) is 2.57. The largest absolute Gasteiger partial charge is 0.391 e. The summed E-state index contributed by atoms with van der Waals surface area (Å²) in [6, 6.07) is -0.336. The minimum absolute atomic E-state index is 0.0190. The number of alkyl halides is 3. The van der Waals surface area contributed by atoms with Gasteiger partial charge in [-0.25, -0.2) is 0 Å². The van der Waals surface area contributed by atoms with Gasteiger partial charge in [0.15, 0.2) is 0 Å². The molecule has 1 heterocycles. The van der Waals surface area contributed by atoms with Gasteiger partial charge in [-0.15, -0.1) is 6.42 Å². The Morgan fingerprint density at radius 2 is 1.91 bits per heavy atom. The highest BCUT2D eigenvalue weighted by Gasteiger charge is 2.42. The van der Waals surface area contributed by atoms with Gasteiger partial charge in [0.25, 0.3) is 0 Å². The van der Waals surface area contributed by atoms with Crippen molar-refractivity contribution in [3.05, 3.63) is 0 Å². The van der Waals surface area contributed by atoms with Crippen LogP contribution in [0.1, 0.15) is 38.5 Å². The minimum atomic E-state index is -4.15. The van der Waals surface area contributed by atoms with Crippen LogP contribution < -0.4 is 5.32 Å². The first-order chi connectivity index (χ1) is 10.4. The van der Waals surface area contributed by atoms with Crippen molar-refractivity contribution in [2.75, 3.05) is 19.6 Å². The highest BCUT2D eigenvalue weighted by atomic mass is 19.4. The van der Waals surface area contributed by atoms with Crippen LogP contribution in [-0.4, -0.2) is 42.7 Å². The molecular formula is C16H23F3N2O. The molecule has 1 aliphatic heterocycles. The average molecular weight is 316 g/mol. The van der Waals surface area contributed by atoms with Crippen LogP contribution in [-0.2, 0) is 4.79 Å². The normalized spacial score (nSPS) is 28.1. The second-order valence-electron chi connectivity index (χ2n) is 6.37. The smallest absolute Gasteiger partial charge is 0.353 e. The summed E-state index contributed by atoms with van der Waals surface area (Å²) in [6.07, 6.45) is 3.93. The fraction of sp³-hybridized carbons (Fsp3) is 0.812. The molecule has 0 aromatic carbocycles. The Morgan fingerprint density at radius 3 is 2.50 bits per heavy atom. The van der Waals surface area contributed by atoms with Crippen molar-refractivity contribution in [2.24, 2.45) is 11.8 Å². The Balaban J connectivity index is 1.79. The molecule has 0 aromatic heterocycles. The Hall–Kier alpha value is -1.22. The van der Waals surface area contributed by atoms with E-state index >= 15 is 0 Å². The molecule has 6 heteroatoms. The zero-order valence-electron chi connectivity index (χ0n) is 12.7. The van der Waals surface area contributed by atoms with Crippen molar-refractivity contribution in [3.63, 3.8) is 0 Å². The van der Waals surface area contributed by atoms with Gasteiger partial charge in [0.05, 0.1) is 12.5 Å². The van der Waals surface area contributed by atoms with Crippen molar-refractivity contribution >= 4 is 5.91 Å². The number of likely N-dealkylation sites (tertiary alicyclic amines) is 1. The Bertz CT molecular complexity index is 422. The number of halogens is 3. The lowest BCUT2D eigenvalue weighted by Gasteiger charge is -2.34. The quantitative estimate of drug-likeness (QED) is 0.812. The SMILES string of the molecule is C#CCN1CCC(C(=O)N[C@H]2CCC[C@@H](C(F)(F)F)C2)CC1. The van der Waals surface area contributed by atoms with E-state index in [2.05, 4.69) is 16.1 Å². The number of amides is 1. The molecule has 3 nitrogen and oxygen atoms in total. The number of terminal acetylenes is 1. The van der Waals surface area contributed by atoms with E-state index in [0.717, 1.165) is 25.9 Å². The average Bonchev–Trinajstić information content (AvgIpc) is 2.48. The summed E-state index contributed by atoms with van der Waals surface area (Å²) in [5, 5.41) is 2.84. The van der Waals surface area contributed by atoms with Crippen molar-refractivity contribution in [1.29, 1.82) is 0 Å². The molecule has 0 aromatic rings. The summed E-state index contributed by atoms with van der Waals surface area (Å²) in [4.78, 5) is 14.4. The molecule has 2 atom stereocenters. The molecule has 2 aliphatic rings. The lowest BCUT2D eigenvalue weighted by Crippen LogP contribution is -2.46. The van der Waals surface area contributed by atoms with Crippen molar-refractivity contribution in [2.45, 2.75) is 50.7 Å². The molecule has 22 heavy (non-hydrogen) atoms. The van der Waals surface area contributed by atoms with Crippen LogP contribution in [0.3, 0.4) is 0 Å². The summed E-state index contributed by atoms with van der Waals surface area (Å²) in [5.41, 5.74) is 0. The van der Waals surface area contributed by atoms with E-state index in [1.807, 2.05) is 0 Å². The van der Waals surface area contributed by atoms with Crippen molar-refractivity contribution in [3.8, 4) is 12.3 Å². The van der Waals surface area contributed by atoms with Crippen LogP contribution in [0.15, 0.2) is 0 Å². The van der Waals surface area contributed by atoms with Gasteiger partial charge in [-0.05, 0) is 45.2 Å². The summed E-state index contributed by atoms with van der Waals surface area (Å²) >= 11 is 0. The highest BCUT2D eigenvalue weighted by molar-refractivity contribution is 5.79. The van der Waals surface area contributed by atoms with E-state index in [9.17, 15) is 18.0 Å². The number of piperidine rings is 1. The molecule has 124 valence electrons. The van der Waals surface area contributed by atoms with Gasteiger partial charge in [0, 0.05) is 12.0 Å². The van der Waals surface area contributed by atoms with E-state index < -0.39 is 12.1 Å². The van der Waals surface area contributed by atoms with E-state index in [-0.39, 0.29) is 30.7 Å². The summed E-state index contributed by atoms with van der Waals surface area (Å²) in [5.74, 6) is 1.12. The van der Waals surface area contributed by atoms with Crippen LogP contribution in [0.25, 0.3) is 0 Å². The Labute approximate surface area is 129 Å². The topological polar surface area (TPSA) is 32.3 Å². The van der Waals surface area contributed by atoms with Gasteiger partial charge in [0.1, 0.15) is 0 Å². The van der Waals surface area contributed by atoms with Crippen LogP contribution in [0.4, 0.5) is 13.2 Å². The minimum Gasteiger partial charge on any atom is -0.353 e. The second kappa shape index (κ2) is 7.36. The van der Waals surface area contributed by atoms with E-state index in [0.29, 0.717) is 19.4 Å². The molecule has 0 unspecified atom stereocenters. The molecule has 1 amide bonds. The second-order valence-corrected chi connectivity index (χ2v) is 6.37. The maximum Gasteiger partial charge on any atom is 0.391 e. The number of carbonyl (C=O) groups is 1. The van der Waals surface area contributed by atoms with Gasteiger partial charge in [-0.3, -0.25) is 9.69 Å². The van der Waals surface area contributed by atoms with Crippen LogP contribution in [0.5, 0.6) is 0 Å². The predicted molar refractivity (Wildman–Crippen MR) is 77.9 cm³/mol. The highest BCUT2D eigenvalue weighted by Crippen LogP contribution is 2.37. The number of carbonyl (C=O) groups excluding carboxylic acids is 1. The van der Waals surface area contributed by atoms with Crippen molar-refractivity contribution in [1.82, 2.24) is 10.2 Å². The maximum atomic E-state index is 12.8. The van der Waals surface area contributed by atoms with E-state index in [1.165, 1.54) is 0 Å². The third-order valence-electron chi connectivity index (χ3n) is 4.76. The molecule has 2 fully saturated rings. The number of rotatable bonds is 3. The number of hydrogen-bond acceptors (Lipinski definition) is 2. The summed E-state index contributed by atoms with van der Waals surface area (Å²) in [6.45, 7) is 2.14. The zero-order chi connectivity index (χ0) is 16.2. The number of nitrogens with one attached hydrogen (secondary N) is 1. The fourth-order valence-corrected chi connectivity index (χ4v) is 3.42. The van der Waals surface area contributed by atoms with Crippen LogP contribution in [0.2, 0.25) is 0 Å². The Kier molecular flexibility index (Phi) is 5.74. The van der Waals surface area contributed by atoms with Gasteiger partial charge >= 0.3 is 6.18 Å². The first kappa shape index (κ1) is 17.1. The molecular weight excluding hydrogens is 293 g/mol. The van der Waals surface area contributed by atoms with Crippen LogP contribution in [0, 0.1) is 24.2 Å². The molecule has 0 radical (unpaired) electrons. The standard InChI is InChI=1S/C16H23F3N2O/c1-2-8-21-9-6-12(7-10-21)15(22)20-14-5-3-4-13(11-14)16(17,18)19/h1,12-14H,3-11H2,(H,20,22)/t13-,14+/m1/s1. The molecule has 2 rings (SSSR count). The van der Waals surface area contributed by atoms with E-state index in [4.69, 9.17) is 6.42 Å². The number of nitrogens with zero attached hydrogens (tertiary/aromatic N) is 1. The summed E-state index contributed by atoms with van der Waals surface area (Å²) < 4.78 is 38.4. The van der Waals surface area contributed by atoms with Crippen LogP contribution >= 0.6 is 0 Å². The molecule has 1 saturated heterocycles. The third-order valence-corrected chi connectivity index (χ3v) is 4.76. The first-order valence-electron chi connectivity index (χ1n) is 7.93. The lowest BCUT2D eigenvalue weighted by molar-refractivity contribution is -0.184. The van der Waals surface area contributed by atoms with Gasteiger partial charge in [-0.2, -0.15) is 13.2 Å². The molecule has 0 bridgehead atoms. The molecule has 1 N–H and O–H groups in total.